The molecule has 4 aliphatic heterocycles. The van der Waals surface area contributed by atoms with Gasteiger partial charge in [0.1, 0.15) is 11.4 Å². The normalized spacial score (nSPS) is 34.1. The number of benzene rings is 1. The van der Waals surface area contributed by atoms with Crippen LogP contribution >= 0.6 is 0 Å². The summed E-state index contributed by atoms with van der Waals surface area (Å²) in [6.07, 6.45) is 4.77. The van der Waals surface area contributed by atoms with E-state index in [1.165, 1.54) is 0 Å². The lowest BCUT2D eigenvalue weighted by molar-refractivity contribution is -0.168. The van der Waals surface area contributed by atoms with Crippen molar-refractivity contribution < 1.29 is 19.0 Å². The first-order valence-corrected chi connectivity index (χ1v) is 10.8. The monoisotopic (exact) mass is 385 g/mol. The highest BCUT2D eigenvalue weighted by Crippen LogP contribution is 2.52. The molecular formula is C23H31NO4. The average molecular weight is 386 g/mol. The van der Waals surface area contributed by atoms with Gasteiger partial charge in [0.05, 0.1) is 18.2 Å². The maximum atomic E-state index is 13.1. The van der Waals surface area contributed by atoms with E-state index < -0.39 is 0 Å². The molecule has 0 aliphatic carbocycles. The standard InChI is InChI=1S/C23H31NO4/c1-23(2)17-14-18-20(27-22(17)16-5-3-4-6-19(16)28-23)7-10-24(18)21(25)13-15-8-11-26-12-9-15/h3-6,15,17-18,20,22H,7-14H2,1-2H3/t17-,18-,20-,22+/m1/s1. The number of ether oxygens (including phenoxy) is 3. The summed E-state index contributed by atoms with van der Waals surface area (Å²) >= 11 is 0. The summed E-state index contributed by atoms with van der Waals surface area (Å²) in [6.45, 7) is 6.73. The molecule has 152 valence electrons. The molecule has 1 aromatic rings. The fourth-order valence-corrected chi connectivity index (χ4v) is 5.66. The van der Waals surface area contributed by atoms with Gasteiger partial charge in [-0.25, -0.2) is 0 Å². The molecular weight excluding hydrogens is 354 g/mol. The molecule has 5 heteroatoms. The molecule has 0 saturated carbocycles. The van der Waals surface area contributed by atoms with Crippen molar-refractivity contribution in [2.75, 3.05) is 19.8 Å². The summed E-state index contributed by atoms with van der Waals surface area (Å²) in [5.74, 6) is 1.97. The molecule has 0 bridgehead atoms. The van der Waals surface area contributed by atoms with E-state index in [-0.39, 0.29) is 29.8 Å². The fourth-order valence-electron chi connectivity index (χ4n) is 5.66. The van der Waals surface area contributed by atoms with E-state index in [0.29, 0.717) is 18.2 Å². The zero-order valence-electron chi connectivity index (χ0n) is 16.9. The van der Waals surface area contributed by atoms with Crippen molar-refractivity contribution in [2.24, 2.45) is 11.8 Å². The first-order valence-electron chi connectivity index (χ1n) is 10.8. The molecule has 1 aromatic carbocycles. The number of amides is 1. The number of hydrogen-bond donors (Lipinski definition) is 0. The summed E-state index contributed by atoms with van der Waals surface area (Å²) in [5, 5.41) is 0. The quantitative estimate of drug-likeness (QED) is 0.778. The van der Waals surface area contributed by atoms with Gasteiger partial charge >= 0.3 is 0 Å². The predicted octanol–water partition coefficient (Wildman–Crippen LogP) is 3.72. The van der Waals surface area contributed by atoms with Gasteiger partial charge in [-0.1, -0.05) is 18.2 Å². The number of para-hydroxylation sites is 1. The van der Waals surface area contributed by atoms with Crippen LogP contribution in [0.25, 0.3) is 0 Å². The van der Waals surface area contributed by atoms with Crippen LogP contribution in [0.2, 0.25) is 0 Å². The van der Waals surface area contributed by atoms with Crippen LogP contribution in [0.3, 0.4) is 0 Å². The van der Waals surface area contributed by atoms with Crippen LogP contribution in [0.5, 0.6) is 5.75 Å². The Kier molecular flexibility index (Phi) is 4.63. The molecule has 0 radical (unpaired) electrons. The molecule has 4 aliphatic rings. The van der Waals surface area contributed by atoms with Gasteiger partial charge in [0.25, 0.3) is 0 Å². The van der Waals surface area contributed by atoms with Crippen LogP contribution in [0.4, 0.5) is 0 Å². The van der Waals surface area contributed by atoms with Crippen molar-refractivity contribution >= 4 is 5.91 Å². The van der Waals surface area contributed by atoms with Crippen molar-refractivity contribution in [1.29, 1.82) is 0 Å². The molecule has 1 amide bonds. The number of nitrogens with zero attached hydrogens (tertiary/aromatic N) is 1. The molecule has 0 aromatic heterocycles. The van der Waals surface area contributed by atoms with Gasteiger partial charge in [0.2, 0.25) is 5.91 Å². The smallest absolute Gasteiger partial charge is 0.223 e. The minimum atomic E-state index is -0.304. The first kappa shape index (κ1) is 18.4. The molecule has 4 atom stereocenters. The van der Waals surface area contributed by atoms with Crippen molar-refractivity contribution in [3.63, 3.8) is 0 Å². The topological polar surface area (TPSA) is 48.0 Å². The van der Waals surface area contributed by atoms with Crippen LogP contribution in [0.15, 0.2) is 24.3 Å². The second kappa shape index (κ2) is 7.03. The summed E-state index contributed by atoms with van der Waals surface area (Å²) in [5.41, 5.74) is 0.861. The fraction of sp³-hybridized carbons (Fsp3) is 0.696. The zero-order chi connectivity index (χ0) is 19.3. The van der Waals surface area contributed by atoms with Gasteiger partial charge in [-0.2, -0.15) is 0 Å². The van der Waals surface area contributed by atoms with E-state index in [2.05, 4.69) is 30.9 Å². The largest absolute Gasteiger partial charge is 0.487 e. The van der Waals surface area contributed by atoms with E-state index in [9.17, 15) is 4.79 Å². The lowest BCUT2D eigenvalue weighted by atomic mass is 9.74. The maximum absolute atomic E-state index is 13.1. The first-order chi connectivity index (χ1) is 13.5. The van der Waals surface area contributed by atoms with Crippen LogP contribution < -0.4 is 4.74 Å². The average Bonchev–Trinajstić information content (AvgIpc) is 3.11. The number of carbonyl (C=O) groups is 1. The highest BCUT2D eigenvalue weighted by Gasteiger charge is 2.53. The molecule has 4 heterocycles. The van der Waals surface area contributed by atoms with Gasteiger partial charge in [0.15, 0.2) is 0 Å². The molecule has 5 rings (SSSR count). The number of fused-ring (bicyclic) bond motifs is 4. The summed E-state index contributed by atoms with van der Waals surface area (Å²) < 4.78 is 18.5. The van der Waals surface area contributed by atoms with E-state index in [1.807, 2.05) is 12.1 Å². The summed E-state index contributed by atoms with van der Waals surface area (Å²) in [7, 11) is 0. The SMILES string of the molecule is CC1(C)Oc2ccccc2[C@@H]2O[C@@H]3CCN(C(=O)CC4CCOCC4)[C@@H]3C[C@H]21. The number of hydrogen-bond acceptors (Lipinski definition) is 4. The lowest BCUT2D eigenvalue weighted by Crippen LogP contribution is -2.54. The van der Waals surface area contributed by atoms with Gasteiger partial charge in [-0.05, 0) is 51.5 Å². The highest BCUT2D eigenvalue weighted by atomic mass is 16.5. The Labute approximate surface area is 167 Å². The predicted molar refractivity (Wildman–Crippen MR) is 105 cm³/mol. The van der Waals surface area contributed by atoms with Crippen LogP contribution in [0.1, 0.15) is 57.6 Å². The lowest BCUT2D eigenvalue weighted by Gasteiger charge is -2.50. The van der Waals surface area contributed by atoms with Crippen molar-refractivity contribution in [2.45, 2.75) is 69.8 Å². The molecule has 3 fully saturated rings. The zero-order valence-corrected chi connectivity index (χ0v) is 16.9. The third kappa shape index (κ3) is 3.13. The van der Waals surface area contributed by atoms with Gasteiger partial charge in [-0.15, -0.1) is 0 Å². The number of rotatable bonds is 2. The van der Waals surface area contributed by atoms with Gasteiger partial charge in [-0.3, -0.25) is 4.79 Å². The molecule has 0 unspecified atom stereocenters. The molecule has 0 N–H and O–H groups in total. The Bertz CT molecular complexity index is 742. The van der Waals surface area contributed by atoms with Crippen LogP contribution in [-0.2, 0) is 14.3 Å². The second-order valence-electron chi connectivity index (χ2n) is 9.38. The van der Waals surface area contributed by atoms with E-state index in [0.717, 1.165) is 56.8 Å². The summed E-state index contributed by atoms with van der Waals surface area (Å²) in [4.78, 5) is 15.2. The number of carbonyl (C=O) groups excluding carboxylic acids is 1. The van der Waals surface area contributed by atoms with Crippen molar-refractivity contribution in [3.05, 3.63) is 29.8 Å². The maximum Gasteiger partial charge on any atom is 0.223 e. The Morgan fingerprint density at radius 3 is 2.79 bits per heavy atom. The van der Waals surface area contributed by atoms with Gasteiger partial charge < -0.3 is 19.1 Å². The van der Waals surface area contributed by atoms with E-state index >= 15 is 0 Å². The van der Waals surface area contributed by atoms with Gasteiger partial charge in [0, 0.05) is 37.7 Å². The summed E-state index contributed by atoms with van der Waals surface area (Å²) in [6, 6.07) is 8.44. The molecule has 0 spiro atoms. The Balaban J connectivity index is 1.34. The Morgan fingerprint density at radius 1 is 1.18 bits per heavy atom. The van der Waals surface area contributed by atoms with Crippen LogP contribution in [-0.4, -0.2) is 48.3 Å². The molecule has 5 nitrogen and oxygen atoms in total. The highest BCUT2D eigenvalue weighted by molar-refractivity contribution is 5.77. The number of likely N-dealkylation sites (tertiary alicyclic amines) is 1. The molecule has 28 heavy (non-hydrogen) atoms. The van der Waals surface area contributed by atoms with Crippen molar-refractivity contribution in [1.82, 2.24) is 4.90 Å². The minimum Gasteiger partial charge on any atom is -0.487 e. The van der Waals surface area contributed by atoms with E-state index in [4.69, 9.17) is 14.2 Å². The third-order valence-corrected chi connectivity index (χ3v) is 7.28. The Hall–Kier alpha value is -1.59. The second-order valence-corrected chi connectivity index (χ2v) is 9.38. The Morgan fingerprint density at radius 2 is 1.96 bits per heavy atom. The minimum absolute atomic E-state index is 0.0618. The molecule has 3 saturated heterocycles. The van der Waals surface area contributed by atoms with Crippen LogP contribution in [0, 0.1) is 11.8 Å². The van der Waals surface area contributed by atoms with Crippen molar-refractivity contribution in [3.8, 4) is 5.75 Å². The third-order valence-electron chi connectivity index (χ3n) is 7.28. The van der Waals surface area contributed by atoms with E-state index in [1.54, 1.807) is 0 Å².